The molecule has 0 unspecified atom stereocenters. The summed E-state index contributed by atoms with van der Waals surface area (Å²) in [6, 6.07) is 1.97. The molecule has 2 N–H and O–H groups in total. The van der Waals surface area contributed by atoms with E-state index in [1.54, 1.807) is 6.20 Å². The van der Waals surface area contributed by atoms with Gasteiger partial charge in [0.05, 0.1) is 0 Å². The van der Waals surface area contributed by atoms with Crippen LogP contribution in [0, 0.1) is 6.92 Å². The molecule has 2 heterocycles. The topological polar surface area (TPSA) is 41.9 Å². The Morgan fingerprint density at radius 2 is 1.77 bits per heavy atom. The Balaban J connectivity index is 0.000000132. The van der Waals surface area contributed by atoms with E-state index in [2.05, 4.69) is 15.7 Å². The number of aryl methyl sites for hydroxylation is 2. The second-order valence-corrected chi connectivity index (χ2v) is 3.10. The Kier molecular flexibility index (Phi) is 4.49. The molecule has 0 saturated carbocycles. The minimum absolute atomic E-state index is 1.14. The first-order valence-electron chi connectivity index (χ1n) is 4.67. The molecule has 0 amide bonds. The van der Waals surface area contributed by atoms with E-state index in [-0.39, 0.29) is 0 Å². The van der Waals surface area contributed by atoms with E-state index in [1.165, 1.54) is 5.69 Å². The van der Waals surface area contributed by atoms with Crippen molar-refractivity contribution in [2.45, 2.75) is 6.92 Å². The maximum Gasteiger partial charge on any atom is 0.0492 e. The molecule has 1 aliphatic heterocycles. The van der Waals surface area contributed by atoms with Crippen molar-refractivity contribution in [3.05, 3.63) is 18.0 Å². The molecule has 1 aliphatic rings. The molecule has 0 atom stereocenters. The molecule has 0 spiro atoms. The van der Waals surface area contributed by atoms with Crippen LogP contribution in [0.3, 0.4) is 0 Å². The predicted octanol–water partition coefficient (Wildman–Crippen LogP) is -0.0923. The molecule has 0 radical (unpaired) electrons. The number of nitrogens with one attached hydrogen (secondary N) is 2. The Labute approximate surface area is 79.3 Å². The molecule has 4 nitrogen and oxygen atoms in total. The van der Waals surface area contributed by atoms with Gasteiger partial charge in [0.2, 0.25) is 0 Å². The minimum atomic E-state index is 1.14. The summed E-state index contributed by atoms with van der Waals surface area (Å²) in [6.45, 7) is 6.58. The molecule has 1 saturated heterocycles. The van der Waals surface area contributed by atoms with Crippen molar-refractivity contribution in [2.24, 2.45) is 7.05 Å². The normalized spacial score (nSPS) is 16.2. The van der Waals surface area contributed by atoms with Gasteiger partial charge in [-0.25, -0.2) is 0 Å². The summed E-state index contributed by atoms with van der Waals surface area (Å²) < 4.78 is 1.83. The third-order valence-corrected chi connectivity index (χ3v) is 2.02. The summed E-state index contributed by atoms with van der Waals surface area (Å²) in [5.74, 6) is 0. The summed E-state index contributed by atoms with van der Waals surface area (Å²) >= 11 is 0. The van der Waals surface area contributed by atoms with Gasteiger partial charge in [-0.3, -0.25) is 4.68 Å². The fraction of sp³-hybridized carbons (Fsp3) is 0.667. The summed E-state index contributed by atoms with van der Waals surface area (Å²) in [4.78, 5) is 0. The number of hydrogen-bond donors (Lipinski definition) is 2. The highest BCUT2D eigenvalue weighted by Crippen LogP contribution is 1.88. The summed E-state index contributed by atoms with van der Waals surface area (Å²) in [5, 5.41) is 10.4. The van der Waals surface area contributed by atoms with Crippen molar-refractivity contribution in [3.63, 3.8) is 0 Å². The van der Waals surface area contributed by atoms with Crippen molar-refractivity contribution in [3.8, 4) is 0 Å². The fourth-order valence-electron chi connectivity index (χ4n) is 1.04. The van der Waals surface area contributed by atoms with Gasteiger partial charge in [-0.05, 0) is 13.0 Å². The first-order valence-corrected chi connectivity index (χ1v) is 4.67. The molecule has 0 bridgehead atoms. The van der Waals surface area contributed by atoms with Crippen LogP contribution >= 0.6 is 0 Å². The number of aromatic nitrogens is 2. The number of nitrogens with zero attached hydrogens (tertiary/aromatic N) is 2. The summed E-state index contributed by atoms with van der Waals surface area (Å²) in [5.41, 5.74) is 1.19. The maximum absolute atomic E-state index is 3.93. The van der Waals surface area contributed by atoms with Crippen LogP contribution in [0.25, 0.3) is 0 Å². The SMILES string of the molecule is C1CNCCN1.Cc1ccnn1C. The highest BCUT2D eigenvalue weighted by Gasteiger charge is 1.91. The molecule has 13 heavy (non-hydrogen) atoms. The maximum atomic E-state index is 3.93. The molecule has 2 rings (SSSR count). The zero-order chi connectivity index (χ0) is 9.52. The van der Waals surface area contributed by atoms with E-state index in [4.69, 9.17) is 0 Å². The van der Waals surface area contributed by atoms with Crippen molar-refractivity contribution in [1.29, 1.82) is 0 Å². The molecule has 0 aliphatic carbocycles. The molecule has 0 aromatic carbocycles. The van der Waals surface area contributed by atoms with E-state index >= 15 is 0 Å². The molecule has 1 aromatic rings. The molecule has 1 aromatic heterocycles. The first-order chi connectivity index (χ1) is 6.30. The van der Waals surface area contributed by atoms with E-state index < -0.39 is 0 Å². The van der Waals surface area contributed by atoms with Gasteiger partial charge in [0.1, 0.15) is 0 Å². The Morgan fingerprint density at radius 3 is 1.92 bits per heavy atom. The lowest BCUT2D eigenvalue weighted by molar-refractivity contribution is 0.534. The van der Waals surface area contributed by atoms with Crippen LogP contribution in [0.1, 0.15) is 5.69 Å². The third-order valence-electron chi connectivity index (χ3n) is 2.02. The van der Waals surface area contributed by atoms with Gasteiger partial charge in [-0.15, -0.1) is 0 Å². The second kappa shape index (κ2) is 5.72. The molecular formula is C9H18N4. The van der Waals surface area contributed by atoms with E-state index in [0.29, 0.717) is 0 Å². The van der Waals surface area contributed by atoms with E-state index in [9.17, 15) is 0 Å². The smallest absolute Gasteiger partial charge is 0.0492 e. The van der Waals surface area contributed by atoms with Crippen LogP contribution in [0.2, 0.25) is 0 Å². The van der Waals surface area contributed by atoms with Gasteiger partial charge in [0.15, 0.2) is 0 Å². The highest BCUT2D eigenvalue weighted by molar-refractivity contribution is 4.94. The average molecular weight is 182 g/mol. The quantitative estimate of drug-likeness (QED) is 0.589. The molecule has 1 fully saturated rings. The summed E-state index contributed by atoms with van der Waals surface area (Å²) in [7, 11) is 1.93. The standard InChI is InChI=1S/C5H8N2.C4H10N2/c1-5-3-4-6-7(5)2;1-2-6-4-3-5-1/h3-4H,1-2H3;5-6H,1-4H2. The van der Waals surface area contributed by atoms with Gasteiger partial charge >= 0.3 is 0 Å². The van der Waals surface area contributed by atoms with Crippen molar-refractivity contribution >= 4 is 0 Å². The lowest BCUT2D eigenvalue weighted by atomic mass is 10.4. The van der Waals surface area contributed by atoms with Gasteiger partial charge in [0.25, 0.3) is 0 Å². The Morgan fingerprint density at radius 1 is 1.23 bits per heavy atom. The van der Waals surface area contributed by atoms with E-state index in [1.807, 2.05) is 24.7 Å². The molecular weight excluding hydrogens is 164 g/mol. The number of piperazine rings is 1. The Bertz CT molecular complexity index is 199. The number of hydrogen-bond acceptors (Lipinski definition) is 3. The van der Waals surface area contributed by atoms with Crippen LogP contribution in [-0.4, -0.2) is 36.0 Å². The number of rotatable bonds is 0. The van der Waals surface area contributed by atoms with Crippen LogP contribution in [0.4, 0.5) is 0 Å². The van der Waals surface area contributed by atoms with Crippen LogP contribution < -0.4 is 10.6 Å². The third kappa shape index (κ3) is 4.05. The van der Waals surface area contributed by atoms with Gasteiger partial charge in [-0.2, -0.15) is 5.10 Å². The van der Waals surface area contributed by atoms with Crippen molar-refractivity contribution in [1.82, 2.24) is 20.4 Å². The lowest BCUT2D eigenvalue weighted by Gasteiger charge is -2.11. The largest absolute Gasteiger partial charge is 0.314 e. The van der Waals surface area contributed by atoms with E-state index in [0.717, 1.165) is 26.2 Å². The van der Waals surface area contributed by atoms with Crippen LogP contribution in [0.15, 0.2) is 12.3 Å². The van der Waals surface area contributed by atoms with Gasteiger partial charge in [0, 0.05) is 45.1 Å². The monoisotopic (exact) mass is 182 g/mol. The lowest BCUT2D eigenvalue weighted by Crippen LogP contribution is -2.39. The second-order valence-electron chi connectivity index (χ2n) is 3.10. The highest BCUT2D eigenvalue weighted by atomic mass is 15.2. The van der Waals surface area contributed by atoms with Crippen LogP contribution in [-0.2, 0) is 7.05 Å². The van der Waals surface area contributed by atoms with Gasteiger partial charge in [-0.1, -0.05) is 0 Å². The Hall–Kier alpha value is -0.870. The average Bonchev–Trinajstić information content (AvgIpc) is 2.55. The van der Waals surface area contributed by atoms with Crippen molar-refractivity contribution < 1.29 is 0 Å². The fourth-order valence-corrected chi connectivity index (χ4v) is 1.04. The minimum Gasteiger partial charge on any atom is -0.314 e. The van der Waals surface area contributed by atoms with Gasteiger partial charge < -0.3 is 10.6 Å². The molecule has 74 valence electrons. The van der Waals surface area contributed by atoms with Crippen LogP contribution in [0.5, 0.6) is 0 Å². The first kappa shape index (κ1) is 10.2. The predicted molar refractivity (Wildman–Crippen MR) is 53.7 cm³/mol. The zero-order valence-electron chi connectivity index (χ0n) is 8.38. The molecule has 4 heteroatoms. The zero-order valence-corrected chi connectivity index (χ0v) is 8.38. The summed E-state index contributed by atoms with van der Waals surface area (Å²) in [6.07, 6.45) is 1.79. The van der Waals surface area contributed by atoms with Crippen molar-refractivity contribution in [2.75, 3.05) is 26.2 Å².